The fourth-order valence-corrected chi connectivity index (χ4v) is 2.46. The Morgan fingerprint density at radius 2 is 1.88 bits per heavy atom. The summed E-state index contributed by atoms with van der Waals surface area (Å²) < 4.78 is 47.9. The average molecular weight is 372 g/mol. The maximum Gasteiger partial charge on any atom is 0.447 e. The summed E-state index contributed by atoms with van der Waals surface area (Å²) in [7, 11) is 1.55. The van der Waals surface area contributed by atoms with E-state index in [1.165, 1.54) is 18.3 Å². The zero-order valence-corrected chi connectivity index (χ0v) is 14.0. The Balaban J connectivity index is 1.86. The molecule has 0 radical (unpaired) electrons. The zero-order chi connectivity index (χ0) is 18.3. The fraction of sp³-hybridized carbons (Fsp3) is 0.250. The number of pyridine rings is 1. The summed E-state index contributed by atoms with van der Waals surface area (Å²) >= 11 is -0.420. The highest BCUT2D eigenvalue weighted by molar-refractivity contribution is 8.00. The van der Waals surface area contributed by atoms with Crippen molar-refractivity contribution in [3.63, 3.8) is 0 Å². The predicted octanol–water partition coefficient (Wildman–Crippen LogP) is 3.51. The number of benzene rings is 1. The van der Waals surface area contributed by atoms with Crippen LogP contribution >= 0.6 is 11.8 Å². The van der Waals surface area contributed by atoms with Crippen molar-refractivity contribution in [3.8, 4) is 11.5 Å². The second-order valence-corrected chi connectivity index (χ2v) is 5.74. The number of aromatic nitrogens is 1. The molecule has 0 unspecified atom stereocenters. The summed E-state index contributed by atoms with van der Waals surface area (Å²) in [4.78, 5) is 15.7. The Hall–Kier alpha value is -2.42. The number of carbonyl (C=O) groups is 1. The van der Waals surface area contributed by atoms with E-state index in [-0.39, 0.29) is 23.7 Å². The van der Waals surface area contributed by atoms with Crippen molar-refractivity contribution in [1.82, 2.24) is 10.3 Å². The van der Waals surface area contributed by atoms with Gasteiger partial charge in [-0.1, -0.05) is 0 Å². The third-order valence-electron chi connectivity index (χ3n) is 2.94. The number of halogens is 3. The molecule has 25 heavy (non-hydrogen) atoms. The monoisotopic (exact) mass is 372 g/mol. The van der Waals surface area contributed by atoms with Crippen LogP contribution < -0.4 is 14.8 Å². The number of hydrogen-bond acceptors (Lipinski definition) is 5. The lowest BCUT2D eigenvalue weighted by Crippen LogP contribution is -2.28. The van der Waals surface area contributed by atoms with E-state index in [4.69, 9.17) is 9.47 Å². The molecule has 2 aromatic rings. The van der Waals surface area contributed by atoms with E-state index >= 15 is 0 Å². The molecule has 0 aliphatic heterocycles. The Kier molecular flexibility index (Phi) is 6.51. The highest BCUT2D eigenvalue weighted by Crippen LogP contribution is 2.37. The Labute approximate surface area is 146 Å². The molecule has 1 amide bonds. The first-order chi connectivity index (χ1) is 11.9. The summed E-state index contributed by atoms with van der Waals surface area (Å²) in [5.74, 6) is 0.634. The van der Waals surface area contributed by atoms with E-state index in [1.54, 1.807) is 31.4 Å². The topological polar surface area (TPSA) is 60.5 Å². The molecule has 1 N–H and O–H groups in total. The number of nitrogens with one attached hydrogen (secondary N) is 1. The van der Waals surface area contributed by atoms with Gasteiger partial charge in [0.1, 0.15) is 23.1 Å². The molecule has 0 atom stereocenters. The number of methoxy groups -OCH3 is 1. The van der Waals surface area contributed by atoms with Gasteiger partial charge in [-0.15, -0.1) is 0 Å². The molecule has 0 bridgehead atoms. The minimum atomic E-state index is -4.51. The van der Waals surface area contributed by atoms with Crippen molar-refractivity contribution in [2.24, 2.45) is 0 Å². The van der Waals surface area contributed by atoms with E-state index in [0.717, 1.165) is 0 Å². The van der Waals surface area contributed by atoms with Crippen LogP contribution in [0, 0.1) is 0 Å². The van der Waals surface area contributed by atoms with Crippen molar-refractivity contribution < 1.29 is 27.4 Å². The summed E-state index contributed by atoms with van der Waals surface area (Å²) in [6.45, 7) is 0.302. The molecule has 5 nitrogen and oxygen atoms in total. The number of thioether (sulfide) groups is 1. The molecule has 1 aromatic carbocycles. The summed E-state index contributed by atoms with van der Waals surface area (Å²) in [5, 5.41) is 2.12. The number of alkyl halides is 3. The largest absolute Gasteiger partial charge is 0.497 e. The molecule has 0 aliphatic carbocycles. The molecule has 0 aliphatic rings. The molecule has 0 saturated heterocycles. The highest BCUT2D eigenvalue weighted by atomic mass is 32.2. The van der Waals surface area contributed by atoms with Gasteiger partial charge in [0, 0.05) is 18.0 Å². The lowest BCUT2D eigenvalue weighted by molar-refractivity contribution is -0.0329. The van der Waals surface area contributed by atoms with E-state index in [2.05, 4.69) is 10.3 Å². The molecule has 0 spiro atoms. The van der Waals surface area contributed by atoms with Crippen LogP contribution in [0.25, 0.3) is 0 Å². The van der Waals surface area contributed by atoms with Gasteiger partial charge in [-0.05, 0) is 36.4 Å². The Bertz CT molecular complexity index is 709. The van der Waals surface area contributed by atoms with Crippen LogP contribution in [-0.4, -0.2) is 36.7 Å². The fourth-order valence-electron chi connectivity index (χ4n) is 1.86. The number of carbonyl (C=O) groups excluding carboxylic acids is 1. The smallest absolute Gasteiger partial charge is 0.447 e. The van der Waals surface area contributed by atoms with Crippen molar-refractivity contribution in [3.05, 3.63) is 48.2 Å². The maximum absolute atomic E-state index is 12.5. The highest BCUT2D eigenvalue weighted by Gasteiger charge is 2.32. The minimum absolute atomic E-state index is 0.130. The second kappa shape index (κ2) is 8.61. The molecule has 1 aromatic heterocycles. The van der Waals surface area contributed by atoms with Gasteiger partial charge in [0.15, 0.2) is 0 Å². The third kappa shape index (κ3) is 6.18. The van der Waals surface area contributed by atoms with Gasteiger partial charge in [0.05, 0.1) is 19.2 Å². The molecule has 2 rings (SSSR count). The summed E-state index contributed by atoms with van der Waals surface area (Å²) in [5.41, 5.74) is -4.64. The van der Waals surface area contributed by atoms with Crippen LogP contribution in [0.1, 0.15) is 10.4 Å². The lowest BCUT2D eigenvalue weighted by Gasteiger charge is -2.11. The Morgan fingerprint density at radius 1 is 1.20 bits per heavy atom. The molecule has 9 heteroatoms. The standard InChI is InChI=1S/C16H15F3N2O3S/c1-23-11-4-6-12(7-5-11)24-10-9-20-14(22)13-3-2-8-21-15(13)25-16(17,18)19/h2-8H,9-10H2,1H3,(H,20,22). The zero-order valence-electron chi connectivity index (χ0n) is 13.2. The van der Waals surface area contributed by atoms with Crippen molar-refractivity contribution in [2.45, 2.75) is 10.5 Å². The molecular formula is C16H15F3N2O3S. The second-order valence-electron chi connectivity index (χ2n) is 4.68. The first kappa shape index (κ1) is 18.9. The number of amides is 1. The minimum Gasteiger partial charge on any atom is -0.497 e. The summed E-state index contributed by atoms with van der Waals surface area (Å²) in [6, 6.07) is 9.57. The van der Waals surface area contributed by atoms with E-state index < -0.39 is 23.2 Å². The van der Waals surface area contributed by atoms with Gasteiger partial charge in [0.2, 0.25) is 0 Å². The van der Waals surface area contributed by atoms with Gasteiger partial charge in [-0.25, -0.2) is 4.98 Å². The van der Waals surface area contributed by atoms with Gasteiger partial charge in [-0.3, -0.25) is 4.79 Å². The van der Waals surface area contributed by atoms with Gasteiger partial charge >= 0.3 is 5.51 Å². The number of hydrogen-bond donors (Lipinski definition) is 1. The SMILES string of the molecule is COc1ccc(OCCNC(=O)c2cccnc2SC(F)(F)F)cc1. The maximum atomic E-state index is 12.5. The quantitative estimate of drug-likeness (QED) is 0.595. The van der Waals surface area contributed by atoms with Crippen LogP contribution in [-0.2, 0) is 0 Å². The molecule has 0 saturated carbocycles. The molecule has 134 valence electrons. The molecular weight excluding hydrogens is 357 g/mol. The normalized spacial score (nSPS) is 11.0. The average Bonchev–Trinajstić information content (AvgIpc) is 2.58. The van der Waals surface area contributed by atoms with Crippen molar-refractivity contribution >= 4 is 17.7 Å². The summed E-state index contributed by atoms with van der Waals surface area (Å²) in [6.07, 6.45) is 1.21. The van der Waals surface area contributed by atoms with Crippen LogP contribution in [0.4, 0.5) is 13.2 Å². The van der Waals surface area contributed by atoms with E-state index in [1.807, 2.05) is 0 Å². The van der Waals surface area contributed by atoms with Crippen LogP contribution in [0.2, 0.25) is 0 Å². The van der Waals surface area contributed by atoms with Crippen LogP contribution in [0.15, 0.2) is 47.6 Å². The first-order valence-corrected chi connectivity index (χ1v) is 7.96. The molecule has 1 heterocycles. The number of nitrogens with zero attached hydrogens (tertiary/aromatic N) is 1. The van der Waals surface area contributed by atoms with Gasteiger partial charge in [0.25, 0.3) is 5.91 Å². The predicted molar refractivity (Wildman–Crippen MR) is 87.0 cm³/mol. The first-order valence-electron chi connectivity index (χ1n) is 7.15. The Morgan fingerprint density at radius 3 is 2.52 bits per heavy atom. The van der Waals surface area contributed by atoms with E-state index in [9.17, 15) is 18.0 Å². The van der Waals surface area contributed by atoms with Gasteiger partial charge < -0.3 is 14.8 Å². The van der Waals surface area contributed by atoms with Crippen molar-refractivity contribution in [1.29, 1.82) is 0 Å². The van der Waals surface area contributed by atoms with Crippen LogP contribution in [0.5, 0.6) is 11.5 Å². The lowest BCUT2D eigenvalue weighted by atomic mass is 10.2. The van der Waals surface area contributed by atoms with Gasteiger partial charge in [-0.2, -0.15) is 13.2 Å². The number of ether oxygens (including phenoxy) is 2. The third-order valence-corrected chi connectivity index (χ3v) is 3.69. The van der Waals surface area contributed by atoms with Crippen molar-refractivity contribution in [2.75, 3.05) is 20.3 Å². The molecule has 0 fully saturated rings. The number of rotatable bonds is 7. The van der Waals surface area contributed by atoms with E-state index in [0.29, 0.717) is 11.5 Å². The van der Waals surface area contributed by atoms with Crippen LogP contribution in [0.3, 0.4) is 0 Å².